The molecule has 234 valence electrons. The van der Waals surface area contributed by atoms with Crippen LogP contribution in [0.2, 0.25) is 0 Å². The van der Waals surface area contributed by atoms with Crippen LogP contribution >= 0.6 is 0 Å². The van der Waals surface area contributed by atoms with E-state index in [1.54, 1.807) is 73.3 Å². The molecule has 8 N–H and O–H groups in total. The summed E-state index contributed by atoms with van der Waals surface area (Å²) in [5.74, 6) is 0. The number of hydrogen-bond acceptors (Lipinski definition) is 10. The van der Waals surface area contributed by atoms with Crippen LogP contribution in [0.5, 0.6) is 0 Å². The van der Waals surface area contributed by atoms with Crippen LogP contribution in [-0.2, 0) is 19.7 Å². The molecule has 0 unspecified atom stereocenters. The van der Waals surface area contributed by atoms with Gasteiger partial charge in [-0.25, -0.2) is 16.8 Å². The molecule has 0 saturated carbocycles. The summed E-state index contributed by atoms with van der Waals surface area (Å²) in [5.41, 5.74) is 26.5. The van der Waals surface area contributed by atoms with Gasteiger partial charge in [0.15, 0.2) is 0 Å². The van der Waals surface area contributed by atoms with Gasteiger partial charge < -0.3 is 22.9 Å². The maximum atomic E-state index is 12.2. The van der Waals surface area contributed by atoms with Crippen molar-refractivity contribution in [3.63, 3.8) is 0 Å². The minimum atomic E-state index is -3.48. The number of nitrogen functional groups attached to an aromatic ring is 4. The predicted molar refractivity (Wildman–Crippen MR) is 182 cm³/mol. The number of anilines is 4. The summed E-state index contributed by atoms with van der Waals surface area (Å²) in [6, 6.07) is 32.3. The molecule has 0 radical (unpaired) electrons. The van der Waals surface area contributed by atoms with Crippen molar-refractivity contribution in [3.05, 3.63) is 146 Å². The molecule has 10 nitrogen and oxygen atoms in total. The van der Waals surface area contributed by atoms with Gasteiger partial charge in [0.1, 0.15) is 0 Å². The maximum Gasteiger partial charge on any atom is 0.206 e. The van der Waals surface area contributed by atoms with Gasteiger partial charge in [-0.2, -0.15) is 0 Å². The quantitative estimate of drug-likeness (QED) is 0.172. The Labute approximate surface area is 268 Å². The lowest BCUT2D eigenvalue weighted by molar-refractivity contribution is 0.594. The number of aromatic nitrogens is 2. The molecular weight excluding hydrogens is 621 g/mol. The molecule has 0 aliphatic carbocycles. The van der Waals surface area contributed by atoms with Crippen LogP contribution in [0.1, 0.15) is 0 Å². The summed E-state index contributed by atoms with van der Waals surface area (Å²) in [5, 5.41) is 0. The van der Waals surface area contributed by atoms with Gasteiger partial charge in [0.2, 0.25) is 19.7 Å². The van der Waals surface area contributed by atoms with Crippen LogP contribution in [-0.4, -0.2) is 26.8 Å². The molecule has 12 heteroatoms. The van der Waals surface area contributed by atoms with E-state index in [4.69, 9.17) is 22.9 Å². The Bertz CT molecular complexity index is 1800. The van der Waals surface area contributed by atoms with Crippen LogP contribution < -0.4 is 22.9 Å². The van der Waals surface area contributed by atoms with Crippen molar-refractivity contribution in [2.75, 3.05) is 22.9 Å². The minimum Gasteiger partial charge on any atom is -0.399 e. The van der Waals surface area contributed by atoms with Crippen molar-refractivity contribution >= 4 is 42.4 Å². The number of pyridine rings is 2. The first kappa shape index (κ1) is 33.2. The fourth-order valence-corrected chi connectivity index (χ4v) is 6.47. The zero-order valence-corrected chi connectivity index (χ0v) is 26.1. The summed E-state index contributed by atoms with van der Waals surface area (Å²) in [6.07, 6.45) is 7.15. The molecule has 0 saturated heterocycles. The number of sulfone groups is 2. The Morgan fingerprint density at radius 1 is 0.326 bits per heavy atom. The van der Waals surface area contributed by atoms with Gasteiger partial charge >= 0.3 is 0 Å². The van der Waals surface area contributed by atoms with Gasteiger partial charge in [-0.15, -0.1) is 0 Å². The van der Waals surface area contributed by atoms with Crippen molar-refractivity contribution < 1.29 is 16.8 Å². The Kier molecular flexibility index (Phi) is 10.7. The summed E-state index contributed by atoms with van der Waals surface area (Å²) >= 11 is 0. The van der Waals surface area contributed by atoms with Crippen LogP contribution in [0.15, 0.2) is 166 Å². The number of nitrogens with two attached hydrogens (primary N) is 4. The second kappa shape index (κ2) is 14.8. The summed E-state index contributed by atoms with van der Waals surface area (Å²) < 4.78 is 48.7. The molecule has 4 aromatic carbocycles. The van der Waals surface area contributed by atoms with Crippen molar-refractivity contribution in [2.24, 2.45) is 0 Å². The number of rotatable bonds is 5. The van der Waals surface area contributed by atoms with E-state index in [-0.39, 0.29) is 19.6 Å². The SMILES string of the molecule is Nc1ccc(S(=O)(=O)c2ccc(N)cc2)cc1.Nc1ccc(S(=O)(=O)c2ccc(N)cc2)cc1.c1cc(-c2ccncc2)ccn1. The van der Waals surface area contributed by atoms with Gasteiger partial charge in [-0.05, 0) is 132 Å². The third kappa shape index (κ3) is 8.68. The number of benzene rings is 4. The normalized spacial score (nSPS) is 10.9. The highest BCUT2D eigenvalue weighted by atomic mass is 32.2. The van der Waals surface area contributed by atoms with Crippen LogP contribution in [0.4, 0.5) is 22.7 Å². The molecule has 0 aliphatic rings. The van der Waals surface area contributed by atoms with E-state index >= 15 is 0 Å². The summed E-state index contributed by atoms with van der Waals surface area (Å²) in [7, 11) is -6.97. The van der Waals surface area contributed by atoms with Gasteiger partial charge in [-0.1, -0.05) is 0 Å². The number of nitrogens with zero attached hydrogens (tertiary/aromatic N) is 2. The van der Waals surface area contributed by atoms with E-state index in [1.807, 2.05) is 24.3 Å². The predicted octanol–water partition coefficient (Wildman–Crippen LogP) is 5.51. The van der Waals surface area contributed by atoms with Crippen molar-refractivity contribution in [2.45, 2.75) is 19.6 Å². The smallest absolute Gasteiger partial charge is 0.206 e. The van der Waals surface area contributed by atoms with Gasteiger partial charge in [-0.3, -0.25) is 9.97 Å². The molecule has 0 amide bonds. The lowest BCUT2D eigenvalue weighted by Gasteiger charge is -2.05. The summed E-state index contributed by atoms with van der Waals surface area (Å²) in [4.78, 5) is 8.79. The molecule has 2 heterocycles. The molecule has 0 spiro atoms. The molecule has 46 heavy (non-hydrogen) atoms. The molecule has 0 atom stereocenters. The molecule has 6 rings (SSSR count). The lowest BCUT2D eigenvalue weighted by atomic mass is 10.1. The molecule has 0 bridgehead atoms. The summed E-state index contributed by atoms with van der Waals surface area (Å²) in [6.45, 7) is 0. The van der Waals surface area contributed by atoms with Gasteiger partial charge in [0, 0.05) is 47.5 Å². The molecule has 0 fully saturated rings. The zero-order chi connectivity index (χ0) is 33.2. The standard InChI is InChI=1S/2C12H12N2O2S.C10H8N2/c2*13-9-1-5-11(6-2-9)17(15,16)12-7-3-10(14)4-8-12;1-5-11-6-2-9(1)10-3-7-12-8-4-10/h2*1-8H,13-14H2;1-8H. The largest absolute Gasteiger partial charge is 0.399 e. The zero-order valence-electron chi connectivity index (χ0n) is 24.5. The first-order valence-electron chi connectivity index (χ1n) is 13.7. The average Bonchev–Trinajstić information content (AvgIpc) is 3.07. The van der Waals surface area contributed by atoms with E-state index in [0.717, 1.165) is 0 Å². The Morgan fingerprint density at radius 2 is 0.522 bits per heavy atom. The lowest BCUT2D eigenvalue weighted by Crippen LogP contribution is -2.02. The fraction of sp³-hybridized carbons (Fsp3) is 0. The van der Waals surface area contributed by atoms with E-state index in [2.05, 4.69) is 9.97 Å². The molecule has 6 aromatic rings. The van der Waals surface area contributed by atoms with Crippen LogP contribution in [0, 0.1) is 0 Å². The van der Waals surface area contributed by atoms with Crippen molar-refractivity contribution in [1.29, 1.82) is 0 Å². The van der Waals surface area contributed by atoms with E-state index in [1.165, 1.54) is 59.7 Å². The Morgan fingerprint density at radius 3 is 0.717 bits per heavy atom. The highest BCUT2D eigenvalue weighted by Crippen LogP contribution is 2.23. The Balaban J connectivity index is 0.000000159. The van der Waals surface area contributed by atoms with E-state index < -0.39 is 19.7 Å². The average molecular weight is 653 g/mol. The highest BCUT2D eigenvalue weighted by Gasteiger charge is 2.17. The maximum absolute atomic E-state index is 12.2. The van der Waals surface area contributed by atoms with Gasteiger partial charge in [0.25, 0.3) is 0 Å². The van der Waals surface area contributed by atoms with Crippen molar-refractivity contribution in [3.8, 4) is 11.1 Å². The second-order valence-corrected chi connectivity index (χ2v) is 13.7. The third-order valence-electron chi connectivity index (χ3n) is 6.46. The second-order valence-electron chi connectivity index (χ2n) is 9.75. The molecule has 2 aromatic heterocycles. The first-order valence-corrected chi connectivity index (χ1v) is 16.7. The van der Waals surface area contributed by atoms with Crippen LogP contribution in [0.25, 0.3) is 11.1 Å². The number of hydrogen-bond donors (Lipinski definition) is 4. The minimum absolute atomic E-state index is 0.219. The van der Waals surface area contributed by atoms with Crippen molar-refractivity contribution in [1.82, 2.24) is 9.97 Å². The monoisotopic (exact) mass is 652 g/mol. The molecule has 0 aliphatic heterocycles. The third-order valence-corrected chi connectivity index (χ3v) is 10.0. The fourth-order valence-electron chi connectivity index (χ4n) is 3.95. The molecular formula is C34H32N6O4S2. The van der Waals surface area contributed by atoms with E-state index in [0.29, 0.717) is 22.7 Å². The van der Waals surface area contributed by atoms with E-state index in [9.17, 15) is 16.8 Å². The Hall–Kier alpha value is -5.72. The topological polar surface area (TPSA) is 198 Å². The first-order chi connectivity index (χ1) is 22.0. The van der Waals surface area contributed by atoms with Crippen LogP contribution in [0.3, 0.4) is 0 Å². The highest BCUT2D eigenvalue weighted by molar-refractivity contribution is 7.91. The van der Waals surface area contributed by atoms with Gasteiger partial charge in [0.05, 0.1) is 19.6 Å².